The van der Waals surface area contributed by atoms with Crippen molar-refractivity contribution in [1.82, 2.24) is 5.32 Å². The van der Waals surface area contributed by atoms with Gasteiger partial charge in [-0.1, -0.05) is 36.2 Å². The van der Waals surface area contributed by atoms with Gasteiger partial charge in [0.2, 0.25) is 10.0 Å². The van der Waals surface area contributed by atoms with E-state index in [1.807, 2.05) is 13.8 Å². The number of rotatable bonds is 6. The first-order valence-corrected chi connectivity index (χ1v) is 8.76. The van der Waals surface area contributed by atoms with E-state index in [1.54, 1.807) is 6.07 Å². The van der Waals surface area contributed by atoms with E-state index in [0.717, 1.165) is 19.3 Å². The van der Waals surface area contributed by atoms with E-state index in [2.05, 4.69) is 21.2 Å². The summed E-state index contributed by atoms with van der Waals surface area (Å²) in [6.07, 6.45) is 2.69. The van der Waals surface area contributed by atoms with Crippen molar-refractivity contribution < 1.29 is 13.2 Å². The van der Waals surface area contributed by atoms with Crippen LogP contribution in [0.1, 0.15) is 43.5 Å². The number of carbonyl (C=O) groups is 1. The summed E-state index contributed by atoms with van der Waals surface area (Å²) in [4.78, 5) is 12.1. The molecule has 5 nitrogen and oxygen atoms in total. The lowest BCUT2D eigenvalue weighted by atomic mass is 10.1. The second-order valence-corrected chi connectivity index (χ2v) is 7.07. The molecule has 0 aromatic heterocycles. The smallest absolute Gasteiger partial charge is 0.251 e. The topological polar surface area (TPSA) is 89.3 Å². The molecule has 0 saturated carbocycles. The zero-order chi connectivity index (χ0) is 15.3. The lowest BCUT2D eigenvalue weighted by molar-refractivity contribution is 0.0933. The minimum absolute atomic E-state index is 0.0828. The highest BCUT2D eigenvalue weighted by Gasteiger charge is 2.16. The molecular formula is C13H19BrN2O3S. The first-order chi connectivity index (χ1) is 9.27. The number of halogens is 1. The predicted octanol–water partition coefficient (Wildman–Crippen LogP) is 2.41. The highest BCUT2D eigenvalue weighted by Crippen LogP contribution is 2.19. The molecule has 1 rings (SSSR count). The Bertz CT molecular complexity index is 587. The zero-order valence-electron chi connectivity index (χ0n) is 11.5. The lowest BCUT2D eigenvalue weighted by Gasteiger charge is -2.16. The number of benzene rings is 1. The molecule has 0 aliphatic rings. The van der Waals surface area contributed by atoms with Gasteiger partial charge >= 0.3 is 0 Å². The summed E-state index contributed by atoms with van der Waals surface area (Å²) < 4.78 is 23.2. The second-order valence-electron chi connectivity index (χ2n) is 4.59. The quantitative estimate of drug-likeness (QED) is 0.813. The van der Waals surface area contributed by atoms with E-state index in [-0.39, 0.29) is 22.4 Å². The third-order valence-corrected chi connectivity index (χ3v) is 4.28. The predicted molar refractivity (Wildman–Crippen MR) is 82.0 cm³/mol. The number of sulfonamides is 1. The molecule has 0 heterocycles. The Balaban J connectivity index is 3.02. The second kappa shape index (κ2) is 7.19. The van der Waals surface area contributed by atoms with Crippen LogP contribution in [0.3, 0.4) is 0 Å². The van der Waals surface area contributed by atoms with Gasteiger partial charge in [0, 0.05) is 16.1 Å². The number of hydrogen-bond donors (Lipinski definition) is 2. The third kappa shape index (κ3) is 4.88. The van der Waals surface area contributed by atoms with Gasteiger partial charge in [-0.3, -0.25) is 4.79 Å². The maximum absolute atomic E-state index is 12.2. The van der Waals surface area contributed by atoms with Gasteiger partial charge in [-0.25, -0.2) is 13.6 Å². The zero-order valence-corrected chi connectivity index (χ0v) is 13.9. The van der Waals surface area contributed by atoms with Crippen LogP contribution in [0.15, 0.2) is 27.6 Å². The number of hydrogen-bond acceptors (Lipinski definition) is 3. The summed E-state index contributed by atoms with van der Waals surface area (Å²) in [5, 5.41) is 7.98. The summed E-state index contributed by atoms with van der Waals surface area (Å²) >= 11 is 3.19. The van der Waals surface area contributed by atoms with Crippen LogP contribution in [0, 0.1) is 0 Å². The van der Waals surface area contributed by atoms with Crippen LogP contribution in [0.2, 0.25) is 0 Å². The molecule has 1 amide bonds. The third-order valence-electron chi connectivity index (χ3n) is 2.93. The Labute approximate surface area is 128 Å². The number of amides is 1. The fourth-order valence-corrected chi connectivity index (χ4v) is 3.08. The molecule has 0 fully saturated rings. The molecule has 0 radical (unpaired) electrons. The van der Waals surface area contributed by atoms with Crippen LogP contribution in [0.4, 0.5) is 0 Å². The van der Waals surface area contributed by atoms with Crippen molar-refractivity contribution in [1.29, 1.82) is 0 Å². The molecule has 0 aliphatic carbocycles. The minimum atomic E-state index is -3.84. The van der Waals surface area contributed by atoms with Gasteiger partial charge in [0.15, 0.2) is 0 Å². The fraction of sp³-hybridized carbons (Fsp3) is 0.462. The number of nitrogens with two attached hydrogens (primary N) is 1. The first-order valence-electron chi connectivity index (χ1n) is 6.42. The van der Waals surface area contributed by atoms with E-state index in [1.165, 1.54) is 12.1 Å². The fourth-order valence-electron chi connectivity index (χ4n) is 1.85. The number of nitrogens with one attached hydrogen (secondary N) is 1. The SMILES string of the molecule is CCCC(CC)NC(=O)c1cc(Br)cc(S(N)(=O)=O)c1. The van der Waals surface area contributed by atoms with Gasteiger partial charge in [-0.15, -0.1) is 0 Å². The lowest BCUT2D eigenvalue weighted by Crippen LogP contribution is -2.34. The van der Waals surface area contributed by atoms with Crippen LogP contribution in [0.5, 0.6) is 0 Å². The van der Waals surface area contributed by atoms with Gasteiger partial charge < -0.3 is 5.32 Å². The molecule has 1 aromatic carbocycles. The maximum atomic E-state index is 12.2. The first kappa shape index (κ1) is 17.1. The number of primary sulfonamides is 1. The van der Waals surface area contributed by atoms with Crippen LogP contribution in [0.25, 0.3) is 0 Å². The van der Waals surface area contributed by atoms with Crippen LogP contribution >= 0.6 is 15.9 Å². The van der Waals surface area contributed by atoms with E-state index in [0.29, 0.717) is 4.47 Å². The van der Waals surface area contributed by atoms with Crippen molar-refractivity contribution in [3.05, 3.63) is 28.2 Å². The molecule has 1 atom stereocenters. The maximum Gasteiger partial charge on any atom is 0.251 e. The summed E-state index contributed by atoms with van der Waals surface area (Å²) in [7, 11) is -3.84. The molecular weight excluding hydrogens is 344 g/mol. The minimum Gasteiger partial charge on any atom is -0.349 e. The Morgan fingerprint density at radius 1 is 1.35 bits per heavy atom. The summed E-state index contributed by atoms with van der Waals surface area (Å²) in [5.41, 5.74) is 0.276. The molecule has 1 aromatic rings. The standard InChI is InChI=1S/C13H19BrN2O3S/c1-3-5-11(4-2)16-13(17)9-6-10(14)8-12(7-9)20(15,18)19/h6-8,11H,3-5H2,1-2H3,(H,16,17)(H2,15,18,19). The van der Waals surface area contributed by atoms with Gasteiger partial charge in [0.25, 0.3) is 5.91 Å². The molecule has 0 bridgehead atoms. The van der Waals surface area contributed by atoms with Gasteiger partial charge in [0.1, 0.15) is 0 Å². The van der Waals surface area contributed by atoms with E-state index < -0.39 is 10.0 Å². The van der Waals surface area contributed by atoms with Crippen LogP contribution < -0.4 is 10.5 Å². The van der Waals surface area contributed by atoms with Crippen molar-refractivity contribution >= 4 is 31.9 Å². The van der Waals surface area contributed by atoms with Crippen molar-refractivity contribution in [2.45, 2.75) is 44.0 Å². The van der Waals surface area contributed by atoms with Gasteiger partial charge in [-0.2, -0.15) is 0 Å². The molecule has 1 unspecified atom stereocenters. The molecule has 0 aliphatic heterocycles. The Hall–Kier alpha value is -0.920. The highest BCUT2D eigenvalue weighted by molar-refractivity contribution is 9.10. The Kier molecular flexibility index (Phi) is 6.16. The van der Waals surface area contributed by atoms with Gasteiger partial charge in [0.05, 0.1) is 4.90 Å². The van der Waals surface area contributed by atoms with E-state index in [9.17, 15) is 13.2 Å². The normalized spacial score (nSPS) is 13.0. The van der Waals surface area contributed by atoms with Crippen molar-refractivity contribution in [2.75, 3.05) is 0 Å². The van der Waals surface area contributed by atoms with Crippen molar-refractivity contribution in [3.63, 3.8) is 0 Å². The van der Waals surface area contributed by atoms with Crippen molar-refractivity contribution in [3.8, 4) is 0 Å². The van der Waals surface area contributed by atoms with Gasteiger partial charge in [-0.05, 0) is 31.0 Å². The monoisotopic (exact) mass is 362 g/mol. The van der Waals surface area contributed by atoms with E-state index in [4.69, 9.17) is 5.14 Å². The molecule has 3 N–H and O–H groups in total. The highest BCUT2D eigenvalue weighted by atomic mass is 79.9. The Morgan fingerprint density at radius 3 is 2.50 bits per heavy atom. The van der Waals surface area contributed by atoms with E-state index >= 15 is 0 Å². The van der Waals surface area contributed by atoms with Crippen LogP contribution in [-0.2, 0) is 10.0 Å². The molecule has 20 heavy (non-hydrogen) atoms. The molecule has 7 heteroatoms. The molecule has 0 saturated heterocycles. The summed E-state index contributed by atoms with van der Waals surface area (Å²) in [6, 6.07) is 4.32. The summed E-state index contributed by atoms with van der Waals surface area (Å²) in [5.74, 6) is -0.295. The average Bonchev–Trinajstić information content (AvgIpc) is 2.36. The molecule has 112 valence electrons. The molecule has 0 spiro atoms. The average molecular weight is 363 g/mol. The Morgan fingerprint density at radius 2 is 2.00 bits per heavy atom. The number of carbonyl (C=O) groups excluding carboxylic acids is 1. The largest absolute Gasteiger partial charge is 0.349 e. The summed E-state index contributed by atoms with van der Waals surface area (Å²) in [6.45, 7) is 4.05. The van der Waals surface area contributed by atoms with Crippen molar-refractivity contribution in [2.24, 2.45) is 5.14 Å². The van der Waals surface area contributed by atoms with Crippen LogP contribution in [-0.4, -0.2) is 20.4 Å².